The van der Waals surface area contributed by atoms with Gasteiger partial charge in [-0.1, -0.05) is 73.5 Å². The van der Waals surface area contributed by atoms with Crippen molar-refractivity contribution in [2.45, 2.75) is 71.2 Å². The first-order valence-corrected chi connectivity index (χ1v) is 13.1. The minimum absolute atomic E-state index is 0.0472. The maximum absolute atomic E-state index is 12.7. The third-order valence-electron chi connectivity index (χ3n) is 5.87. The van der Waals surface area contributed by atoms with Crippen LogP contribution in [-0.2, 0) is 41.8 Å². The number of rotatable bonds is 16. The Hall–Kier alpha value is -3.23. The summed E-state index contributed by atoms with van der Waals surface area (Å²) in [5.74, 6) is -1.56. The molecule has 1 N–H and O–H groups in total. The molecule has 0 aliphatic heterocycles. The highest BCUT2D eigenvalue weighted by Gasteiger charge is 2.30. The number of nitrogens with one attached hydrogen (secondary N) is 1. The Labute approximate surface area is 226 Å². The molecule has 0 aliphatic rings. The quantitative estimate of drug-likeness (QED) is 0.197. The van der Waals surface area contributed by atoms with Gasteiger partial charge in [-0.2, -0.15) is 0 Å². The lowest BCUT2D eigenvalue weighted by Crippen LogP contribution is -2.47. The lowest BCUT2D eigenvalue weighted by Gasteiger charge is -2.28. The Morgan fingerprint density at radius 3 is 1.74 bits per heavy atom. The Bertz CT molecular complexity index is 918. The summed E-state index contributed by atoms with van der Waals surface area (Å²) < 4.78 is 15.9. The maximum Gasteiger partial charge on any atom is 0.323 e. The van der Waals surface area contributed by atoms with Gasteiger partial charge in [0, 0.05) is 5.54 Å². The zero-order chi connectivity index (χ0) is 27.8. The first-order chi connectivity index (χ1) is 18.2. The predicted molar refractivity (Wildman–Crippen MR) is 146 cm³/mol. The fraction of sp³-hybridized carbons (Fsp3) is 0.500. The van der Waals surface area contributed by atoms with E-state index in [0.29, 0.717) is 6.42 Å². The third kappa shape index (κ3) is 12.8. The molecule has 0 bridgehead atoms. The van der Waals surface area contributed by atoms with Crippen molar-refractivity contribution in [2.24, 2.45) is 0 Å². The van der Waals surface area contributed by atoms with Gasteiger partial charge < -0.3 is 19.5 Å². The lowest BCUT2D eigenvalue weighted by molar-refractivity contribution is -0.156. The number of carbonyl (C=O) groups excluding carboxylic acids is 3. The molecule has 8 nitrogen and oxygen atoms in total. The van der Waals surface area contributed by atoms with Crippen molar-refractivity contribution in [3.05, 3.63) is 71.8 Å². The van der Waals surface area contributed by atoms with Crippen LogP contribution in [0.3, 0.4) is 0 Å². The van der Waals surface area contributed by atoms with Gasteiger partial charge in [-0.15, -0.1) is 0 Å². The summed E-state index contributed by atoms with van der Waals surface area (Å²) in [4.78, 5) is 39.7. The van der Waals surface area contributed by atoms with Gasteiger partial charge in [0.05, 0.1) is 20.2 Å². The second-order valence-electron chi connectivity index (χ2n) is 10.3. The lowest BCUT2D eigenvalue weighted by atomic mass is 10.1. The van der Waals surface area contributed by atoms with Crippen molar-refractivity contribution in [1.82, 2.24) is 10.2 Å². The van der Waals surface area contributed by atoms with E-state index in [1.807, 2.05) is 60.7 Å². The van der Waals surface area contributed by atoms with Crippen LogP contribution in [0, 0.1) is 0 Å². The van der Waals surface area contributed by atoms with E-state index in [1.54, 1.807) is 0 Å². The van der Waals surface area contributed by atoms with Crippen LogP contribution in [0.4, 0.5) is 0 Å². The van der Waals surface area contributed by atoms with E-state index >= 15 is 0 Å². The number of methoxy groups -OCH3 is 1. The number of ether oxygens (including phenoxy) is 3. The fourth-order valence-corrected chi connectivity index (χ4v) is 3.86. The highest BCUT2D eigenvalue weighted by atomic mass is 16.5. The number of hydrogen-bond acceptors (Lipinski definition) is 8. The molecule has 0 saturated heterocycles. The Morgan fingerprint density at radius 1 is 0.789 bits per heavy atom. The van der Waals surface area contributed by atoms with E-state index in [2.05, 4.69) is 26.1 Å². The van der Waals surface area contributed by atoms with E-state index in [0.717, 1.165) is 36.9 Å². The molecule has 0 aromatic heterocycles. The van der Waals surface area contributed by atoms with Gasteiger partial charge in [0.25, 0.3) is 0 Å². The first-order valence-electron chi connectivity index (χ1n) is 13.1. The van der Waals surface area contributed by atoms with Crippen LogP contribution in [0.15, 0.2) is 60.7 Å². The Kier molecular flexibility index (Phi) is 13.5. The van der Waals surface area contributed by atoms with Crippen molar-refractivity contribution in [3.8, 4) is 0 Å². The topological polar surface area (TPSA) is 94.2 Å². The molecule has 2 rings (SSSR count). The van der Waals surface area contributed by atoms with Crippen molar-refractivity contribution >= 4 is 17.9 Å². The molecular weight excluding hydrogens is 484 g/mol. The number of carbonyl (C=O) groups is 3. The number of hydrogen-bond donors (Lipinski definition) is 1. The molecule has 0 amide bonds. The number of nitrogens with zero attached hydrogens (tertiary/aromatic N) is 1. The molecular formula is C30H42N2O6. The second-order valence-corrected chi connectivity index (χ2v) is 10.3. The van der Waals surface area contributed by atoms with E-state index in [-0.39, 0.29) is 31.8 Å². The minimum Gasteiger partial charge on any atom is -0.468 e. The molecule has 8 heteroatoms. The molecule has 2 aromatic rings. The monoisotopic (exact) mass is 526 g/mol. The molecule has 0 spiro atoms. The van der Waals surface area contributed by atoms with Crippen molar-refractivity contribution < 1.29 is 28.6 Å². The largest absolute Gasteiger partial charge is 0.468 e. The number of benzene rings is 2. The summed E-state index contributed by atoms with van der Waals surface area (Å²) >= 11 is 0. The van der Waals surface area contributed by atoms with Gasteiger partial charge in [-0.05, 0) is 51.3 Å². The molecule has 2 aromatic carbocycles. The zero-order valence-corrected chi connectivity index (χ0v) is 23.1. The molecule has 0 fully saturated rings. The van der Waals surface area contributed by atoms with E-state index < -0.39 is 23.9 Å². The average molecular weight is 527 g/mol. The van der Waals surface area contributed by atoms with Gasteiger partial charge in [0.1, 0.15) is 19.3 Å². The van der Waals surface area contributed by atoms with Crippen LogP contribution >= 0.6 is 0 Å². The molecule has 1 atom stereocenters. The molecule has 0 aliphatic carbocycles. The van der Waals surface area contributed by atoms with Gasteiger partial charge in [-0.25, -0.2) is 0 Å². The van der Waals surface area contributed by atoms with E-state index in [4.69, 9.17) is 14.2 Å². The summed E-state index contributed by atoms with van der Waals surface area (Å²) in [6.07, 6.45) is 3.02. The van der Waals surface area contributed by atoms with Gasteiger partial charge >= 0.3 is 17.9 Å². The summed E-state index contributed by atoms with van der Waals surface area (Å²) in [5, 5.41) is 3.45. The third-order valence-corrected chi connectivity index (χ3v) is 5.87. The van der Waals surface area contributed by atoms with Crippen LogP contribution in [0.5, 0.6) is 0 Å². The van der Waals surface area contributed by atoms with Crippen LogP contribution in [0.2, 0.25) is 0 Å². The van der Waals surface area contributed by atoms with Crippen molar-refractivity contribution in [1.29, 1.82) is 0 Å². The van der Waals surface area contributed by atoms with E-state index in [1.165, 1.54) is 12.0 Å². The summed E-state index contributed by atoms with van der Waals surface area (Å²) in [5.41, 5.74) is 1.75. The standard InChI is InChI=1S/C30H42N2O6/c1-30(2,3)31-19-13-7-12-18-26(29(35)36-4)32(20-27(33)37-22-24-14-8-5-9-15-24)21-28(34)38-23-25-16-10-6-11-17-25/h5-6,8-11,14-17,26,31H,7,12-13,18-23H2,1-4H3. The average Bonchev–Trinajstić information content (AvgIpc) is 2.90. The highest BCUT2D eigenvalue weighted by Crippen LogP contribution is 2.14. The minimum atomic E-state index is -0.774. The Balaban J connectivity index is 2.02. The predicted octanol–water partition coefficient (Wildman–Crippen LogP) is 4.27. The van der Waals surface area contributed by atoms with Gasteiger partial charge in [0.2, 0.25) is 0 Å². The molecule has 0 heterocycles. The molecule has 0 radical (unpaired) electrons. The molecule has 0 saturated carbocycles. The van der Waals surface area contributed by atoms with Crippen LogP contribution in [-0.4, -0.2) is 61.1 Å². The van der Waals surface area contributed by atoms with Gasteiger partial charge in [0.15, 0.2) is 0 Å². The van der Waals surface area contributed by atoms with Crippen LogP contribution in [0.25, 0.3) is 0 Å². The SMILES string of the molecule is COC(=O)C(CCCCCNC(C)(C)C)N(CC(=O)OCc1ccccc1)CC(=O)OCc1ccccc1. The maximum atomic E-state index is 12.7. The summed E-state index contributed by atoms with van der Waals surface area (Å²) in [7, 11) is 1.31. The fourth-order valence-electron chi connectivity index (χ4n) is 3.86. The Morgan fingerprint density at radius 2 is 1.29 bits per heavy atom. The van der Waals surface area contributed by atoms with Crippen LogP contribution < -0.4 is 5.32 Å². The normalized spacial score (nSPS) is 12.1. The summed E-state index contributed by atoms with van der Waals surface area (Å²) in [6, 6.07) is 17.9. The van der Waals surface area contributed by atoms with Crippen molar-refractivity contribution in [3.63, 3.8) is 0 Å². The summed E-state index contributed by atoms with van der Waals surface area (Å²) in [6.45, 7) is 6.96. The van der Waals surface area contributed by atoms with Crippen LogP contribution in [0.1, 0.15) is 57.6 Å². The first kappa shape index (κ1) is 31.0. The van der Waals surface area contributed by atoms with Crippen molar-refractivity contribution in [2.75, 3.05) is 26.7 Å². The number of esters is 3. The zero-order valence-electron chi connectivity index (χ0n) is 23.1. The van der Waals surface area contributed by atoms with Gasteiger partial charge in [-0.3, -0.25) is 19.3 Å². The highest BCUT2D eigenvalue weighted by molar-refractivity contribution is 5.80. The molecule has 208 valence electrons. The molecule has 1 unspecified atom stereocenters. The molecule has 38 heavy (non-hydrogen) atoms. The van der Waals surface area contributed by atoms with E-state index in [9.17, 15) is 14.4 Å². The second kappa shape index (κ2) is 16.6. The smallest absolute Gasteiger partial charge is 0.323 e. The number of unbranched alkanes of at least 4 members (excludes halogenated alkanes) is 2.